The van der Waals surface area contributed by atoms with Gasteiger partial charge >= 0.3 is 0 Å². The van der Waals surface area contributed by atoms with Crippen molar-refractivity contribution in [3.8, 4) is 17.0 Å². The van der Waals surface area contributed by atoms with Crippen LogP contribution in [0.2, 0.25) is 0 Å². The Balaban J connectivity index is 1.33. The van der Waals surface area contributed by atoms with Crippen LogP contribution in [0.1, 0.15) is 45.8 Å². The first-order valence-corrected chi connectivity index (χ1v) is 11.1. The van der Waals surface area contributed by atoms with Crippen LogP contribution in [0.4, 0.5) is 0 Å². The minimum absolute atomic E-state index is 0.0137. The maximum Gasteiger partial charge on any atom is 0.255 e. The third-order valence-electron chi connectivity index (χ3n) is 5.59. The van der Waals surface area contributed by atoms with Crippen molar-refractivity contribution in [1.29, 1.82) is 0 Å². The quantitative estimate of drug-likeness (QED) is 0.614. The lowest BCUT2D eigenvalue weighted by Crippen LogP contribution is -2.42. The SMILES string of the molecule is COc1ccccc1-c1csc(C2CN(C(=O)c3cncc(C4CC4)c3)CCO2)n1. The van der Waals surface area contributed by atoms with Gasteiger partial charge in [-0.2, -0.15) is 0 Å². The second-order valence-corrected chi connectivity index (χ2v) is 8.55. The van der Waals surface area contributed by atoms with E-state index in [1.54, 1.807) is 24.6 Å². The summed E-state index contributed by atoms with van der Waals surface area (Å²) < 4.78 is 11.4. The number of hydrogen-bond donors (Lipinski definition) is 0. The third-order valence-corrected chi connectivity index (χ3v) is 6.53. The highest BCUT2D eigenvalue weighted by Crippen LogP contribution is 2.40. The number of amides is 1. The van der Waals surface area contributed by atoms with E-state index in [-0.39, 0.29) is 12.0 Å². The van der Waals surface area contributed by atoms with Crippen molar-refractivity contribution in [2.45, 2.75) is 24.9 Å². The largest absolute Gasteiger partial charge is 0.496 e. The molecule has 1 aromatic carbocycles. The van der Waals surface area contributed by atoms with Gasteiger partial charge in [-0.15, -0.1) is 11.3 Å². The number of pyridine rings is 1. The van der Waals surface area contributed by atoms with E-state index in [1.807, 2.05) is 46.8 Å². The van der Waals surface area contributed by atoms with Crippen LogP contribution < -0.4 is 4.74 Å². The molecule has 0 radical (unpaired) electrons. The highest BCUT2D eigenvalue weighted by Gasteiger charge is 2.30. The predicted molar refractivity (Wildman–Crippen MR) is 115 cm³/mol. The highest BCUT2D eigenvalue weighted by atomic mass is 32.1. The molecule has 0 N–H and O–H groups in total. The van der Waals surface area contributed by atoms with Crippen molar-refractivity contribution < 1.29 is 14.3 Å². The number of thiazole rings is 1. The maximum atomic E-state index is 13.1. The molecular formula is C23H23N3O3S. The number of aromatic nitrogens is 2. The van der Waals surface area contributed by atoms with E-state index in [4.69, 9.17) is 14.5 Å². The Morgan fingerprint density at radius 2 is 2.13 bits per heavy atom. The van der Waals surface area contributed by atoms with E-state index >= 15 is 0 Å². The van der Waals surface area contributed by atoms with E-state index in [0.717, 1.165) is 22.0 Å². The molecule has 1 amide bonds. The Morgan fingerprint density at radius 1 is 1.27 bits per heavy atom. The molecule has 0 bridgehead atoms. The maximum absolute atomic E-state index is 13.1. The second-order valence-electron chi connectivity index (χ2n) is 7.66. The number of morpholine rings is 1. The Kier molecular flexibility index (Phi) is 5.23. The second kappa shape index (κ2) is 8.16. The minimum atomic E-state index is -0.226. The average molecular weight is 422 g/mol. The van der Waals surface area contributed by atoms with Crippen molar-refractivity contribution in [2.24, 2.45) is 0 Å². The number of rotatable bonds is 5. The number of benzene rings is 1. The molecule has 7 heteroatoms. The predicted octanol–water partition coefficient (Wildman–Crippen LogP) is 4.30. The molecule has 1 saturated heterocycles. The Hall–Kier alpha value is -2.77. The van der Waals surface area contributed by atoms with Gasteiger partial charge in [0, 0.05) is 29.9 Å². The number of ether oxygens (including phenoxy) is 2. The fourth-order valence-electron chi connectivity index (χ4n) is 3.80. The van der Waals surface area contributed by atoms with Gasteiger partial charge in [0.2, 0.25) is 0 Å². The summed E-state index contributed by atoms with van der Waals surface area (Å²) in [6.45, 7) is 1.56. The smallest absolute Gasteiger partial charge is 0.255 e. The van der Waals surface area contributed by atoms with Crippen molar-refractivity contribution in [3.63, 3.8) is 0 Å². The van der Waals surface area contributed by atoms with Crippen molar-refractivity contribution in [1.82, 2.24) is 14.9 Å². The average Bonchev–Trinajstić information content (AvgIpc) is 3.55. The summed E-state index contributed by atoms with van der Waals surface area (Å²) >= 11 is 1.55. The molecular weight excluding hydrogens is 398 g/mol. The fourth-order valence-corrected chi connectivity index (χ4v) is 4.65. The van der Waals surface area contributed by atoms with Gasteiger partial charge in [-0.3, -0.25) is 9.78 Å². The lowest BCUT2D eigenvalue weighted by atomic mass is 10.1. The Morgan fingerprint density at radius 3 is 2.97 bits per heavy atom. The van der Waals surface area contributed by atoms with Crippen LogP contribution in [0.3, 0.4) is 0 Å². The standard InChI is InChI=1S/C23H23N3O3S/c1-28-20-5-3-2-4-18(20)19-14-30-22(25-19)21-13-26(8-9-29-21)23(27)17-10-16(11-24-12-17)15-6-7-15/h2-5,10-12,14-15,21H,6-9,13H2,1H3. The Labute approximate surface area is 179 Å². The van der Waals surface area contributed by atoms with Crippen LogP contribution in [-0.2, 0) is 4.74 Å². The van der Waals surface area contributed by atoms with E-state index in [2.05, 4.69) is 4.98 Å². The third kappa shape index (κ3) is 3.82. The molecule has 2 aliphatic rings. The van der Waals surface area contributed by atoms with Crippen molar-refractivity contribution >= 4 is 17.2 Å². The summed E-state index contributed by atoms with van der Waals surface area (Å²) in [6.07, 6.45) is 5.71. The summed E-state index contributed by atoms with van der Waals surface area (Å²) in [5.41, 5.74) is 3.65. The van der Waals surface area contributed by atoms with Crippen LogP contribution in [0, 0.1) is 0 Å². The summed E-state index contributed by atoms with van der Waals surface area (Å²) in [4.78, 5) is 24.0. The van der Waals surface area contributed by atoms with Crippen LogP contribution >= 0.6 is 11.3 Å². The van der Waals surface area contributed by atoms with Crippen LogP contribution in [0.25, 0.3) is 11.3 Å². The molecule has 3 aromatic rings. The normalized spacial score (nSPS) is 19.0. The Bertz CT molecular complexity index is 1060. The molecule has 5 rings (SSSR count). The van der Waals surface area contributed by atoms with Gasteiger partial charge in [-0.1, -0.05) is 12.1 Å². The van der Waals surface area contributed by atoms with Gasteiger partial charge < -0.3 is 14.4 Å². The first-order chi connectivity index (χ1) is 14.7. The molecule has 1 atom stereocenters. The van der Waals surface area contributed by atoms with Crippen molar-refractivity contribution in [3.05, 3.63) is 64.2 Å². The molecule has 1 aliphatic heterocycles. The van der Waals surface area contributed by atoms with E-state index < -0.39 is 0 Å². The molecule has 2 fully saturated rings. The van der Waals surface area contributed by atoms with Crippen molar-refractivity contribution in [2.75, 3.05) is 26.8 Å². The number of carbonyl (C=O) groups is 1. The first kappa shape index (κ1) is 19.2. The van der Waals surface area contributed by atoms with Gasteiger partial charge in [0.1, 0.15) is 16.9 Å². The molecule has 30 heavy (non-hydrogen) atoms. The summed E-state index contributed by atoms with van der Waals surface area (Å²) in [5, 5.41) is 2.89. The van der Waals surface area contributed by atoms with E-state index in [0.29, 0.717) is 31.2 Å². The molecule has 154 valence electrons. The van der Waals surface area contributed by atoms with Gasteiger partial charge in [0.25, 0.3) is 5.91 Å². The molecule has 1 saturated carbocycles. The van der Waals surface area contributed by atoms with Crippen LogP contribution in [-0.4, -0.2) is 47.6 Å². The zero-order valence-electron chi connectivity index (χ0n) is 16.8. The lowest BCUT2D eigenvalue weighted by molar-refractivity contribution is -0.0228. The zero-order valence-corrected chi connectivity index (χ0v) is 17.6. The molecule has 1 unspecified atom stereocenters. The number of para-hydroxylation sites is 1. The number of carbonyl (C=O) groups excluding carboxylic acids is 1. The van der Waals surface area contributed by atoms with Gasteiger partial charge in [0.05, 0.1) is 31.5 Å². The molecule has 6 nitrogen and oxygen atoms in total. The summed E-state index contributed by atoms with van der Waals surface area (Å²) in [6, 6.07) is 9.83. The van der Waals surface area contributed by atoms with Crippen LogP contribution in [0.15, 0.2) is 48.1 Å². The van der Waals surface area contributed by atoms with Crippen LogP contribution in [0.5, 0.6) is 5.75 Å². The van der Waals surface area contributed by atoms with E-state index in [9.17, 15) is 4.79 Å². The fraction of sp³-hybridized carbons (Fsp3) is 0.348. The summed E-state index contributed by atoms with van der Waals surface area (Å²) in [5.74, 6) is 1.38. The van der Waals surface area contributed by atoms with E-state index in [1.165, 1.54) is 18.4 Å². The first-order valence-electron chi connectivity index (χ1n) is 10.2. The van der Waals surface area contributed by atoms with Gasteiger partial charge in [0.15, 0.2) is 0 Å². The molecule has 3 heterocycles. The molecule has 0 spiro atoms. The monoisotopic (exact) mass is 421 g/mol. The number of methoxy groups -OCH3 is 1. The number of nitrogens with zero attached hydrogens (tertiary/aromatic N) is 3. The van der Waals surface area contributed by atoms with Gasteiger partial charge in [-0.25, -0.2) is 4.98 Å². The summed E-state index contributed by atoms with van der Waals surface area (Å²) in [7, 11) is 1.66. The topological polar surface area (TPSA) is 64.5 Å². The minimum Gasteiger partial charge on any atom is -0.496 e. The highest BCUT2D eigenvalue weighted by molar-refractivity contribution is 7.10. The van der Waals surface area contributed by atoms with Gasteiger partial charge in [-0.05, 0) is 42.5 Å². The number of hydrogen-bond acceptors (Lipinski definition) is 6. The molecule has 2 aromatic heterocycles. The lowest BCUT2D eigenvalue weighted by Gasteiger charge is -2.32. The molecule has 1 aliphatic carbocycles. The zero-order chi connectivity index (χ0) is 20.5.